The van der Waals surface area contributed by atoms with Gasteiger partial charge in [0.05, 0.1) is 12.3 Å². The van der Waals surface area contributed by atoms with Gasteiger partial charge in [0.2, 0.25) is 0 Å². The lowest BCUT2D eigenvalue weighted by Crippen LogP contribution is -2.31. The first-order valence-electron chi connectivity index (χ1n) is 6.03. The molecular formula is C12H14N4O2. The highest BCUT2D eigenvalue weighted by Crippen LogP contribution is 2.11. The topological polar surface area (TPSA) is 68.5 Å². The van der Waals surface area contributed by atoms with Gasteiger partial charge in [0.15, 0.2) is 5.65 Å². The monoisotopic (exact) mass is 246 g/mol. The number of ether oxygens (including phenoxy) is 1. The second-order valence-electron chi connectivity index (χ2n) is 4.29. The van der Waals surface area contributed by atoms with Crippen molar-refractivity contribution in [1.29, 1.82) is 0 Å². The second kappa shape index (κ2) is 4.73. The van der Waals surface area contributed by atoms with Gasteiger partial charge in [-0.15, -0.1) is 0 Å². The van der Waals surface area contributed by atoms with Crippen LogP contribution in [0.1, 0.15) is 23.2 Å². The minimum atomic E-state index is -0.154. The van der Waals surface area contributed by atoms with E-state index in [1.165, 1.54) is 6.20 Å². The molecule has 2 aromatic heterocycles. The van der Waals surface area contributed by atoms with Gasteiger partial charge in [-0.2, -0.15) is 5.10 Å². The Morgan fingerprint density at radius 1 is 1.61 bits per heavy atom. The smallest absolute Gasteiger partial charge is 0.256 e. The molecule has 0 saturated carbocycles. The van der Waals surface area contributed by atoms with E-state index in [1.54, 1.807) is 23.0 Å². The predicted octanol–water partition coefficient (Wildman–Crippen LogP) is 0.638. The molecule has 1 saturated heterocycles. The van der Waals surface area contributed by atoms with Crippen LogP contribution in [-0.2, 0) is 4.74 Å². The second-order valence-corrected chi connectivity index (χ2v) is 4.29. The van der Waals surface area contributed by atoms with Crippen molar-refractivity contribution in [2.75, 3.05) is 13.2 Å². The molecule has 18 heavy (non-hydrogen) atoms. The first-order valence-corrected chi connectivity index (χ1v) is 6.03. The van der Waals surface area contributed by atoms with E-state index < -0.39 is 0 Å². The molecule has 1 aliphatic rings. The minimum absolute atomic E-state index is 0.142. The molecule has 2 aromatic rings. The van der Waals surface area contributed by atoms with Crippen LogP contribution in [0.25, 0.3) is 5.65 Å². The van der Waals surface area contributed by atoms with Gasteiger partial charge >= 0.3 is 0 Å². The summed E-state index contributed by atoms with van der Waals surface area (Å²) in [6, 6.07) is 1.77. The Morgan fingerprint density at radius 2 is 2.56 bits per heavy atom. The Hall–Kier alpha value is -1.95. The van der Waals surface area contributed by atoms with Crippen LogP contribution in [0.15, 0.2) is 24.7 Å². The van der Waals surface area contributed by atoms with Gasteiger partial charge < -0.3 is 10.1 Å². The molecule has 0 bridgehead atoms. The normalized spacial score (nSPS) is 19.2. The Kier molecular flexibility index (Phi) is 2.93. The van der Waals surface area contributed by atoms with Crippen molar-refractivity contribution in [3.05, 3.63) is 30.2 Å². The van der Waals surface area contributed by atoms with E-state index in [1.807, 2.05) is 0 Å². The third kappa shape index (κ3) is 2.06. The number of nitrogens with zero attached hydrogens (tertiary/aromatic N) is 3. The van der Waals surface area contributed by atoms with E-state index in [2.05, 4.69) is 15.4 Å². The number of rotatable bonds is 3. The highest BCUT2D eigenvalue weighted by atomic mass is 16.5. The van der Waals surface area contributed by atoms with Crippen molar-refractivity contribution in [1.82, 2.24) is 19.9 Å². The molecule has 1 amide bonds. The molecule has 1 fully saturated rings. The van der Waals surface area contributed by atoms with Crippen molar-refractivity contribution >= 4 is 11.6 Å². The molecule has 94 valence electrons. The lowest BCUT2D eigenvalue weighted by Gasteiger charge is -2.09. The van der Waals surface area contributed by atoms with E-state index >= 15 is 0 Å². The zero-order valence-electron chi connectivity index (χ0n) is 9.87. The zero-order valence-corrected chi connectivity index (χ0v) is 9.87. The Balaban J connectivity index is 1.71. The standard InChI is InChI=1S/C12H14N4O2/c17-12(14-7-9-3-1-6-18-9)10-8-15-16-5-2-4-13-11(10)16/h2,4-5,8-9H,1,3,6-7H2,(H,14,17)/t9-/m0/s1. The lowest BCUT2D eigenvalue weighted by molar-refractivity contribution is 0.0859. The SMILES string of the molecule is O=C(NC[C@@H]1CCCO1)c1cnn2cccnc12. The van der Waals surface area contributed by atoms with Gasteiger partial charge in [0.1, 0.15) is 5.56 Å². The van der Waals surface area contributed by atoms with E-state index in [0.29, 0.717) is 17.8 Å². The van der Waals surface area contributed by atoms with Gasteiger partial charge in [-0.1, -0.05) is 0 Å². The molecule has 1 aliphatic heterocycles. The number of hydrogen-bond donors (Lipinski definition) is 1. The van der Waals surface area contributed by atoms with Crippen molar-refractivity contribution in [3.63, 3.8) is 0 Å². The fourth-order valence-corrected chi connectivity index (χ4v) is 2.09. The number of fused-ring (bicyclic) bond motifs is 1. The van der Waals surface area contributed by atoms with Crippen LogP contribution in [0.3, 0.4) is 0 Å². The summed E-state index contributed by atoms with van der Waals surface area (Å²) < 4.78 is 7.04. The molecule has 3 rings (SSSR count). The Labute approximate surface area is 104 Å². The van der Waals surface area contributed by atoms with E-state index in [9.17, 15) is 4.79 Å². The van der Waals surface area contributed by atoms with E-state index in [0.717, 1.165) is 19.4 Å². The summed E-state index contributed by atoms with van der Waals surface area (Å²) in [5.74, 6) is -0.154. The lowest BCUT2D eigenvalue weighted by atomic mass is 10.2. The summed E-state index contributed by atoms with van der Waals surface area (Å²) >= 11 is 0. The average Bonchev–Trinajstić information content (AvgIpc) is 3.05. The Morgan fingerprint density at radius 3 is 3.39 bits per heavy atom. The summed E-state index contributed by atoms with van der Waals surface area (Å²) in [4.78, 5) is 16.2. The molecule has 1 N–H and O–H groups in total. The van der Waals surface area contributed by atoms with Crippen LogP contribution in [0.5, 0.6) is 0 Å². The van der Waals surface area contributed by atoms with Gasteiger partial charge in [-0.05, 0) is 18.9 Å². The fourth-order valence-electron chi connectivity index (χ4n) is 2.09. The summed E-state index contributed by atoms with van der Waals surface area (Å²) in [6.07, 6.45) is 7.16. The molecule has 0 radical (unpaired) electrons. The number of hydrogen-bond acceptors (Lipinski definition) is 4. The van der Waals surface area contributed by atoms with Crippen molar-refractivity contribution in [3.8, 4) is 0 Å². The van der Waals surface area contributed by atoms with Gasteiger partial charge in [-0.25, -0.2) is 9.50 Å². The summed E-state index contributed by atoms with van der Waals surface area (Å²) in [6.45, 7) is 1.34. The number of aromatic nitrogens is 3. The first-order chi connectivity index (χ1) is 8.84. The molecule has 3 heterocycles. The summed E-state index contributed by atoms with van der Waals surface area (Å²) in [7, 11) is 0. The van der Waals surface area contributed by atoms with Crippen LogP contribution in [0.4, 0.5) is 0 Å². The van der Waals surface area contributed by atoms with Crippen molar-refractivity contribution in [2.45, 2.75) is 18.9 Å². The Bertz CT molecular complexity index is 560. The molecule has 1 atom stereocenters. The molecule has 0 aromatic carbocycles. The molecule has 6 nitrogen and oxygen atoms in total. The van der Waals surface area contributed by atoms with Crippen LogP contribution >= 0.6 is 0 Å². The molecule has 0 unspecified atom stereocenters. The highest BCUT2D eigenvalue weighted by Gasteiger charge is 2.18. The van der Waals surface area contributed by atoms with E-state index in [-0.39, 0.29) is 12.0 Å². The highest BCUT2D eigenvalue weighted by molar-refractivity contribution is 5.99. The molecule has 6 heteroatoms. The summed E-state index contributed by atoms with van der Waals surface area (Å²) in [5.41, 5.74) is 1.07. The fraction of sp³-hybridized carbons (Fsp3) is 0.417. The quantitative estimate of drug-likeness (QED) is 0.862. The van der Waals surface area contributed by atoms with Gasteiger partial charge in [0, 0.05) is 25.5 Å². The van der Waals surface area contributed by atoms with E-state index in [4.69, 9.17) is 4.74 Å². The third-order valence-electron chi connectivity index (χ3n) is 3.04. The number of carbonyl (C=O) groups is 1. The van der Waals surface area contributed by atoms with Crippen LogP contribution < -0.4 is 5.32 Å². The van der Waals surface area contributed by atoms with Gasteiger partial charge in [-0.3, -0.25) is 4.79 Å². The maximum atomic E-state index is 12.0. The van der Waals surface area contributed by atoms with Crippen molar-refractivity contribution < 1.29 is 9.53 Å². The van der Waals surface area contributed by atoms with Crippen LogP contribution in [0, 0.1) is 0 Å². The predicted molar refractivity (Wildman–Crippen MR) is 64.3 cm³/mol. The zero-order chi connectivity index (χ0) is 12.4. The molecular weight excluding hydrogens is 232 g/mol. The first kappa shape index (κ1) is 11.2. The maximum Gasteiger partial charge on any atom is 0.256 e. The number of nitrogens with one attached hydrogen (secondary N) is 1. The van der Waals surface area contributed by atoms with Crippen molar-refractivity contribution in [2.24, 2.45) is 0 Å². The molecule has 0 spiro atoms. The third-order valence-corrected chi connectivity index (χ3v) is 3.04. The average molecular weight is 246 g/mol. The number of carbonyl (C=O) groups excluding carboxylic acids is 1. The minimum Gasteiger partial charge on any atom is -0.376 e. The summed E-state index contributed by atoms with van der Waals surface area (Å²) in [5, 5.41) is 6.94. The number of amides is 1. The molecule has 0 aliphatic carbocycles. The van der Waals surface area contributed by atoms with Crippen LogP contribution in [0.2, 0.25) is 0 Å². The van der Waals surface area contributed by atoms with Crippen LogP contribution in [-0.4, -0.2) is 39.8 Å². The largest absolute Gasteiger partial charge is 0.376 e. The maximum absolute atomic E-state index is 12.0. The van der Waals surface area contributed by atoms with Gasteiger partial charge in [0.25, 0.3) is 5.91 Å².